The van der Waals surface area contributed by atoms with Gasteiger partial charge in [-0.05, 0) is 37.0 Å². The lowest BCUT2D eigenvalue weighted by Crippen LogP contribution is -2.29. The molecular formula is C14H23N3O2. The summed E-state index contributed by atoms with van der Waals surface area (Å²) >= 11 is 0. The molecule has 0 atom stereocenters. The molecular weight excluding hydrogens is 242 g/mol. The highest BCUT2D eigenvalue weighted by molar-refractivity contribution is 5.89. The number of carbonyl (C=O) groups excluding carboxylic acids is 1. The third-order valence-electron chi connectivity index (χ3n) is 2.73. The van der Waals surface area contributed by atoms with Crippen molar-refractivity contribution in [3.05, 3.63) is 29.8 Å². The van der Waals surface area contributed by atoms with Crippen LogP contribution in [0.1, 0.15) is 24.8 Å². The standard InChI is InChI=1S/C14H23N3O2/c1-19-9-4-2-3-8-16-14(18)17-13-7-5-6-12(10-13)11-15/h5-7,10H,2-4,8-9,11,15H2,1H3,(H2,16,17,18). The molecule has 0 aliphatic carbocycles. The molecule has 4 N–H and O–H groups in total. The molecule has 1 rings (SSSR count). The zero-order chi connectivity index (χ0) is 13.9. The van der Waals surface area contributed by atoms with E-state index in [0.29, 0.717) is 13.1 Å². The average molecular weight is 265 g/mol. The highest BCUT2D eigenvalue weighted by atomic mass is 16.5. The normalized spacial score (nSPS) is 10.2. The average Bonchev–Trinajstić information content (AvgIpc) is 2.43. The van der Waals surface area contributed by atoms with Gasteiger partial charge in [-0.15, -0.1) is 0 Å². The Bertz CT molecular complexity index is 383. The molecule has 0 heterocycles. The SMILES string of the molecule is COCCCCCNC(=O)Nc1cccc(CN)c1. The number of hydrogen-bond donors (Lipinski definition) is 3. The maximum absolute atomic E-state index is 11.6. The van der Waals surface area contributed by atoms with Crippen LogP contribution in [-0.2, 0) is 11.3 Å². The Morgan fingerprint density at radius 1 is 1.32 bits per heavy atom. The third-order valence-corrected chi connectivity index (χ3v) is 2.73. The number of nitrogens with two attached hydrogens (primary N) is 1. The zero-order valence-electron chi connectivity index (χ0n) is 11.4. The Morgan fingerprint density at radius 3 is 2.89 bits per heavy atom. The highest BCUT2D eigenvalue weighted by Gasteiger charge is 2.01. The number of rotatable bonds is 8. The van der Waals surface area contributed by atoms with Gasteiger partial charge >= 0.3 is 6.03 Å². The molecule has 5 heteroatoms. The van der Waals surface area contributed by atoms with Crippen molar-refractivity contribution < 1.29 is 9.53 Å². The quantitative estimate of drug-likeness (QED) is 0.630. The Labute approximate surface area is 114 Å². The van der Waals surface area contributed by atoms with E-state index in [0.717, 1.165) is 37.1 Å². The minimum atomic E-state index is -0.180. The summed E-state index contributed by atoms with van der Waals surface area (Å²) in [5.41, 5.74) is 7.31. The first-order chi connectivity index (χ1) is 9.26. The number of urea groups is 1. The van der Waals surface area contributed by atoms with E-state index in [-0.39, 0.29) is 6.03 Å². The van der Waals surface area contributed by atoms with Crippen LogP contribution in [0.2, 0.25) is 0 Å². The molecule has 0 saturated carbocycles. The lowest BCUT2D eigenvalue weighted by atomic mass is 10.2. The number of hydrogen-bond acceptors (Lipinski definition) is 3. The Hall–Kier alpha value is -1.59. The summed E-state index contributed by atoms with van der Waals surface area (Å²) < 4.78 is 4.96. The molecule has 106 valence electrons. The van der Waals surface area contributed by atoms with E-state index in [1.165, 1.54) is 0 Å². The van der Waals surface area contributed by atoms with Crippen LogP contribution < -0.4 is 16.4 Å². The summed E-state index contributed by atoms with van der Waals surface area (Å²) in [7, 11) is 1.70. The molecule has 0 bridgehead atoms. The maximum atomic E-state index is 11.6. The van der Waals surface area contributed by atoms with Crippen LogP contribution in [0.3, 0.4) is 0 Å². The van der Waals surface area contributed by atoms with Crippen LogP contribution in [0, 0.1) is 0 Å². The van der Waals surface area contributed by atoms with Crippen molar-refractivity contribution in [3.63, 3.8) is 0 Å². The molecule has 2 amide bonds. The van der Waals surface area contributed by atoms with Crippen LogP contribution in [0.25, 0.3) is 0 Å². The van der Waals surface area contributed by atoms with Gasteiger partial charge in [-0.2, -0.15) is 0 Å². The van der Waals surface area contributed by atoms with E-state index in [9.17, 15) is 4.79 Å². The summed E-state index contributed by atoms with van der Waals surface area (Å²) in [5.74, 6) is 0. The minimum Gasteiger partial charge on any atom is -0.385 e. The van der Waals surface area contributed by atoms with Crippen molar-refractivity contribution in [2.45, 2.75) is 25.8 Å². The van der Waals surface area contributed by atoms with Crippen LogP contribution in [0.5, 0.6) is 0 Å². The molecule has 1 aromatic carbocycles. The Morgan fingerprint density at radius 2 is 2.16 bits per heavy atom. The summed E-state index contributed by atoms with van der Waals surface area (Å²) in [6.07, 6.45) is 3.04. The Balaban J connectivity index is 2.19. The van der Waals surface area contributed by atoms with E-state index in [4.69, 9.17) is 10.5 Å². The number of unbranched alkanes of at least 4 members (excludes halogenated alkanes) is 2. The van der Waals surface area contributed by atoms with Crippen molar-refractivity contribution in [3.8, 4) is 0 Å². The smallest absolute Gasteiger partial charge is 0.319 e. The van der Waals surface area contributed by atoms with E-state index >= 15 is 0 Å². The molecule has 0 radical (unpaired) electrons. The van der Waals surface area contributed by atoms with Crippen LogP contribution >= 0.6 is 0 Å². The van der Waals surface area contributed by atoms with Gasteiger partial charge < -0.3 is 21.1 Å². The largest absolute Gasteiger partial charge is 0.385 e. The van der Waals surface area contributed by atoms with Crippen molar-refractivity contribution in [2.75, 3.05) is 25.6 Å². The van der Waals surface area contributed by atoms with E-state index < -0.39 is 0 Å². The molecule has 5 nitrogen and oxygen atoms in total. The van der Waals surface area contributed by atoms with E-state index in [1.807, 2.05) is 24.3 Å². The summed E-state index contributed by atoms with van der Waals surface area (Å²) in [6, 6.07) is 7.35. The molecule has 0 aliphatic heterocycles. The second-order valence-corrected chi connectivity index (χ2v) is 4.34. The number of methoxy groups -OCH3 is 1. The lowest BCUT2D eigenvalue weighted by molar-refractivity contribution is 0.192. The van der Waals surface area contributed by atoms with Gasteiger partial charge in [0.2, 0.25) is 0 Å². The first-order valence-corrected chi connectivity index (χ1v) is 6.59. The predicted octanol–water partition coefficient (Wildman–Crippen LogP) is 2.08. The lowest BCUT2D eigenvalue weighted by Gasteiger charge is -2.08. The fourth-order valence-electron chi connectivity index (χ4n) is 1.70. The molecule has 0 fully saturated rings. The fourth-order valence-corrected chi connectivity index (χ4v) is 1.70. The van der Waals surface area contributed by atoms with E-state index in [1.54, 1.807) is 7.11 Å². The van der Waals surface area contributed by atoms with Gasteiger partial charge in [0.05, 0.1) is 0 Å². The predicted molar refractivity (Wildman–Crippen MR) is 77.1 cm³/mol. The van der Waals surface area contributed by atoms with Gasteiger partial charge in [-0.1, -0.05) is 12.1 Å². The van der Waals surface area contributed by atoms with Crippen molar-refractivity contribution in [2.24, 2.45) is 5.73 Å². The number of benzene rings is 1. The molecule has 0 spiro atoms. The number of carbonyl (C=O) groups is 1. The van der Waals surface area contributed by atoms with E-state index in [2.05, 4.69) is 10.6 Å². The first-order valence-electron chi connectivity index (χ1n) is 6.59. The van der Waals surface area contributed by atoms with Gasteiger partial charge in [0.1, 0.15) is 0 Å². The maximum Gasteiger partial charge on any atom is 0.319 e. The zero-order valence-corrected chi connectivity index (χ0v) is 11.4. The molecule has 0 aliphatic rings. The van der Waals surface area contributed by atoms with Crippen LogP contribution in [0.4, 0.5) is 10.5 Å². The number of amides is 2. The summed E-state index contributed by atoms with van der Waals surface area (Å²) in [4.78, 5) is 11.6. The number of ether oxygens (including phenoxy) is 1. The Kier molecular flexibility index (Phi) is 7.62. The van der Waals surface area contributed by atoms with Gasteiger partial charge in [0, 0.05) is 32.5 Å². The van der Waals surface area contributed by atoms with Gasteiger partial charge in [0.15, 0.2) is 0 Å². The topological polar surface area (TPSA) is 76.4 Å². The van der Waals surface area contributed by atoms with Gasteiger partial charge in [-0.25, -0.2) is 4.79 Å². The first kappa shape index (κ1) is 15.5. The van der Waals surface area contributed by atoms with Gasteiger partial charge in [-0.3, -0.25) is 0 Å². The number of nitrogens with one attached hydrogen (secondary N) is 2. The molecule has 0 unspecified atom stereocenters. The highest BCUT2D eigenvalue weighted by Crippen LogP contribution is 2.09. The third kappa shape index (κ3) is 6.79. The monoisotopic (exact) mass is 265 g/mol. The van der Waals surface area contributed by atoms with Crippen LogP contribution in [-0.4, -0.2) is 26.3 Å². The van der Waals surface area contributed by atoms with Gasteiger partial charge in [0.25, 0.3) is 0 Å². The fraction of sp³-hybridized carbons (Fsp3) is 0.500. The molecule has 0 saturated heterocycles. The second-order valence-electron chi connectivity index (χ2n) is 4.34. The molecule has 1 aromatic rings. The second kappa shape index (κ2) is 9.35. The minimum absolute atomic E-state index is 0.180. The summed E-state index contributed by atoms with van der Waals surface area (Å²) in [6.45, 7) is 1.92. The van der Waals surface area contributed by atoms with Crippen molar-refractivity contribution >= 4 is 11.7 Å². The van der Waals surface area contributed by atoms with Crippen molar-refractivity contribution in [1.29, 1.82) is 0 Å². The molecule has 0 aromatic heterocycles. The summed E-state index contributed by atoms with van der Waals surface area (Å²) in [5, 5.41) is 5.61. The number of anilines is 1. The molecule has 19 heavy (non-hydrogen) atoms. The van der Waals surface area contributed by atoms with Crippen LogP contribution in [0.15, 0.2) is 24.3 Å². The van der Waals surface area contributed by atoms with Crippen molar-refractivity contribution in [1.82, 2.24) is 5.32 Å².